The van der Waals surface area contributed by atoms with E-state index < -0.39 is 0 Å². The van der Waals surface area contributed by atoms with Crippen molar-refractivity contribution in [3.05, 3.63) is 22.4 Å². The van der Waals surface area contributed by atoms with Crippen molar-refractivity contribution < 1.29 is 9.59 Å². The van der Waals surface area contributed by atoms with Crippen LogP contribution in [0.5, 0.6) is 0 Å². The first-order valence-corrected chi connectivity index (χ1v) is 5.00. The highest BCUT2D eigenvalue weighted by Gasteiger charge is 2.26. The monoisotopic (exact) mass is 195 g/mol. The van der Waals surface area contributed by atoms with E-state index in [0.29, 0.717) is 6.54 Å². The highest BCUT2D eigenvalue weighted by molar-refractivity contribution is 7.07. The zero-order valence-electron chi connectivity index (χ0n) is 7.03. The van der Waals surface area contributed by atoms with Gasteiger partial charge in [0.05, 0.1) is 13.0 Å². The standard InChI is InChI=1S/C9H9NO2S/c11-8-3-9(12)10(5-8)4-7-1-2-13-6-7/h1-2,6H,3-5H2. The van der Waals surface area contributed by atoms with Gasteiger partial charge in [-0.1, -0.05) is 0 Å². The number of amides is 1. The van der Waals surface area contributed by atoms with Crippen molar-refractivity contribution in [3.8, 4) is 0 Å². The molecule has 0 atom stereocenters. The Morgan fingerprint density at radius 2 is 2.31 bits per heavy atom. The van der Waals surface area contributed by atoms with E-state index in [1.165, 1.54) is 0 Å². The van der Waals surface area contributed by atoms with E-state index in [9.17, 15) is 9.59 Å². The van der Waals surface area contributed by atoms with Crippen LogP contribution >= 0.6 is 11.3 Å². The van der Waals surface area contributed by atoms with Crippen molar-refractivity contribution in [1.29, 1.82) is 0 Å². The predicted molar refractivity (Wildman–Crippen MR) is 49.4 cm³/mol. The van der Waals surface area contributed by atoms with Gasteiger partial charge in [0.15, 0.2) is 5.78 Å². The van der Waals surface area contributed by atoms with E-state index in [0.717, 1.165) is 5.56 Å². The van der Waals surface area contributed by atoms with Crippen molar-refractivity contribution in [2.45, 2.75) is 13.0 Å². The van der Waals surface area contributed by atoms with Crippen LogP contribution in [0.1, 0.15) is 12.0 Å². The number of carbonyl (C=O) groups is 2. The summed E-state index contributed by atoms with van der Waals surface area (Å²) in [7, 11) is 0. The molecule has 68 valence electrons. The molecule has 0 unspecified atom stereocenters. The van der Waals surface area contributed by atoms with Crippen LogP contribution in [0.3, 0.4) is 0 Å². The van der Waals surface area contributed by atoms with Gasteiger partial charge in [0.2, 0.25) is 5.91 Å². The molecular weight excluding hydrogens is 186 g/mol. The Morgan fingerprint density at radius 3 is 2.85 bits per heavy atom. The maximum atomic E-state index is 11.2. The van der Waals surface area contributed by atoms with Gasteiger partial charge in [-0.3, -0.25) is 9.59 Å². The quantitative estimate of drug-likeness (QED) is 0.661. The fraction of sp³-hybridized carbons (Fsp3) is 0.333. The zero-order valence-corrected chi connectivity index (χ0v) is 7.84. The summed E-state index contributed by atoms with van der Waals surface area (Å²) < 4.78 is 0. The van der Waals surface area contributed by atoms with Crippen molar-refractivity contribution in [2.24, 2.45) is 0 Å². The number of hydrogen-bond donors (Lipinski definition) is 0. The van der Waals surface area contributed by atoms with Crippen LogP contribution in [-0.4, -0.2) is 23.1 Å². The van der Waals surface area contributed by atoms with E-state index in [2.05, 4.69) is 0 Å². The number of Topliss-reactive ketones (excluding diaryl/α,β-unsaturated/α-hetero) is 1. The summed E-state index contributed by atoms with van der Waals surface area (Å²) in [5.74, 6) is -0.0172. The number of nitrogens with zero attached hydrogens (tertiary/aromatic N) is 1. The minimum atomic E-state index is -0.0452. The molecule has 2 heterocycles. The van der Waals surface area contributed by atoms with Crippen LogP contribution in [0.15, 0.2) is 16.8 Å². The first kappa shape index (κ1) is 8.44. The predicted octanol–water partition coefficient (Wildman–Crippen LogP) is 1.05. The minimum absolute atomic E-state index is 0.0280. The summed E-state index contributed by atoms with van der Waals surface area (Å²) in [6.07, 6.45) is 0.0874. The lowest BCUT2D eigenvalue weighted by Gasteiger charge is -2.12. The molecular formula is C9H9NO2S. The Morgan fingerprint density at radius 1 is 1.46 bits per heavy atom. The molecule has 0 bridgehead atoms. The fourth-order valence-corrected chi connectivity index (χ4v) is 2.04. The van der Waals surface area contributed by atoms with Crippen molar-refractivity contribution in [1.82, 2.24) is 4.90 Å². The summed E-state index contributed by atoms with van der Waals surface area (Å²) in [6, 6.07) is 1.97. The van der Waals surface area contributed by atoms with Gasteiger partial charge in [-0.25, -0.2) is 0 Å². The molecule has 1 aromatic rings. The maximum Gasteiger partial charge on any atom is 0.230 e. The summed E-state index contributed by atoms with van der Waals surface area (Å²) in [6.45, 7) is 0.864. The molecule has 1 fully saturated rings. The normalized spacial score (nSPS) is 17.1. The zero-order chi connectivity index (χ0) is 9.26. The minimum Gasteiger partial charge on any atom is -0.331 e. The molecule has 0 aromatic carbocycles. The van der Waals surface area contributed by atoms with Crippen LogP contribution in [0.4, 0.5) is 0 Å². The second-order valence-corrected chi connectivity index (χ2v) is 3.88. The maximum absolute atomic E-state index is 11.2. The molecule has 0 aliphatic carbocycles. The molecule has 0 radical (unpaired) electrons. The molecule has 1 aromatic heterocycles. The van der Waals surface area contributed by atoms with Gasteiger partial charge in [0.25, 0.3) is 0 Å². The number of rotatable bonds is 2. The Hall–Kier alpha value is -1.16. The molecule has 1 amide bonds. The van der Waals surface area contributed by atoms with Gasteiger partial charge in [-0.15, -0.1) is 0 Å². The number of thiophene rings is 1. The molecule has 1 aliphatic heterocycles. The first-order valence-electron chi connectivity index (χ1n) is 4.06. The Kier molecular flexibility index (Phi) is 2.14. The molecule has 2 rings (SSSR count). The summed E-state index contributed by atoms with van der Waals surface area (Å²) in [5.41, 5.74) is 1.10. The SMILES string of the molecule is O=C1CC(=O)N(Cc2ccsc2)C1. The summed E-state index contributed by atoms with van der Waals surface area (Å²) in [5, 5.41) is 3.97. The van der Waals surface area contributed by atoms with E-state index in [-0.39, 0.29) is 24.7 Å². The third-order valence-corrected chi connectivity index (χ3v) is 2.75. The molecule has 1 aliphatic rings. The first-order chi connectivity index (χ1) is 6.25. The molecule has 1 saturated heterocycles. The smallest absolute Gasteiger partial charge is 0.230 e. The Balaban J connectivity index is 2.03. The van der Waals surface area contributed by atoms with Crippen LogP contribution in [0, 0.1) is 0 Å². The van der Waals surface area contributed by atoms with Gasteiger partial charge in [0.1, 0.15) is 0 Å². The lowest BCUT2D eigenvalue weighted by atomic mass is 10.3. The lowest BCUT2D eigenvalue weighted by Crippen LogP contribution is -2.24. The average molecular weight is 195 g/mol. The third-order valence-electron chi connectivity index (χ3n) is 2.02. The molecule has 4 heteroatoms. The van der Waals surface area contributed by atoms with E-state index >= 15 is 0 Å². The van der Waals surface area contributed by atoms with E-state index in [4.69, 9.17) is 0 Å². The van der Waals surface area contributed by atoms with Crippen molar-refractivity contribution in [2.75, 3.05) is 6.54 Å². The number of carbonyl (C=O) groups excluding carboxylic acids is 2. The fourth-order valence-electron chi connectivity index (χ4n) is 1.38. The number of ketones is 1. The largest absolute Gasteiger partial charge is 0.331 e. The van der Waals surface area contributed by atoms with E-state index in [1.54, 1.807) is 16.2 Å². The molecule has 0 N–H and O–H groups in total. The van der Waals surface area contributed by atoms with Gasteiger partial charge >= 0.3 is 0 Å². The van der Waals surface area contributed by atoms with Gasteiger partial charge in [-0.2, -0.15) is 11.3 Å². The highest BCUT2D eigenvalue weighted by Crippen LogP contribution is 2.13. The van der Waals surface area contributed by atoms with Crippen molar-refractivity contribution in [3.63, 3.8) is 0 Å². The number of hydrogen-bond acceptors (Lipinski definition) is 3. The average Bonchev–Trinajstić information content (AvgIpc) is 2.63. The molecule has 13 heavy (non-hydrogen) atoms. The summed E-state index contributed by atoms with van der Waals surface area (Å²) >= 11 is 1.60. The second-order valence-electron chi connectivity index (χ2n) is 3.10. The van der Waals surface area contributed by atoms with E-state index in [1.807, 2.05) is 16.8 Å². The Labute approximate surface area is 80.0 Å². The third kappa shape index (κ3) is 1.78. The van der Waals surface area contributed by atoms with Crippen LogP contribution in [0.25, 0.3) is 0 Å². The Bertz CT molecular complexity index is 331. The highest BCUT2D eigenvalue weighted by atomic mass is 32.1. The van der Waals surface area contributed by atoms with Gasteiger partial charge in [0, 0.05) is 6.54 Å². The van der Waals surface area contributed by atoms with Crippen molar-refractivity contribution >= 4 is 23.0 Å². The summed E-state index contributed by atoms with van der Waals surface area (Å²) in [4.78, 5) is 23.8. The number of likely N-dealkylation sites (tertiary alicyclic amines) is 1. The molecule has 3 nitrogen and oxygen atoms in total. The van der Waals surface area contributed by atoms with Crippen LogP contribution in [-0.2, 0) is 16.1 Å². The van der Waals surface area contributed by atoms with Crippen LogP contribution in [0.2, 0.25) is 0 Å². The molecule has 0 saturated carbocycles. The lowest BCUT2D eigenvalue weighted by molar-refractivity contribution is -0.128. The molecule has 0 spiro atoms. The van der Waals surface area contributed by atoms with Gasteiger partial charge < -0.3 is 4.90 Å². The van der Waals surface area contributed by atoms with Gasteiger partial charge in [-0.05, 0) is 22.4 Å². The van der Waals surface area contributed by atoms with Crippen LogP contribution < -0.4 is 0 Å². The topological polar surface area (TPSA) is 37.4 Å². The second kappa shape index (κ2) is 3.30.